The van der Waals surface area contributed by atoms with Crippen LogP contribution in [0.5, 0.6) is 0 Å². The molecule has 0 bridgehead atoms. The maximum atomic E-state index is 12.1. The Kier molecular flexibility index (Phi) is 4.42. The highest BCUT2D eigenvalue weighted by molar-refractivity contribution is 7.89. The zero-order valence-corrected chi connectivity index (χ0v) is 11.4. The van der Waals surface area contributed by atoms with E-state index in [1.807, 2.05) is 6.92 Å². The van der Waals surface area contributed by atoms with Gasteiger partial charge in [-0.3, -0.25) is 0 Å². The minimum atomic E-state index is -3.49. The Bertz CT molecular complexity index is 475. The van der Waals surface area contributed by atoms with Crippen molar-refractivity contribution < 1.29 is 12.8 Å². The zero-order valence-electron chi connectivity index (χ0n) is 10.6. The second-order valence-corrected chi connectivity index (χ2v) is 6.25. The SMILES string of the molecule is CCNCc1ccc(S(=O)(=O)NC2CCCC2)o1. The summed E-state index contributed by atoms with van der Waals surface area (Å²) in [5.41, 5.74) is 0. The summed E-state index contributed by atoms with van der Waals surface area (Å²) in [5.74, 6) is 0.642. The Labute approximate surface area is 108 Å². The fourth-order valence-electron chi connectivity index (χ4n) is 2.17. The molecule has 18 heavy (non-hydrogen) atoms. The summed E-state index contributed by atoms with van der Waals surface area (Å²) in [5, 5.41) is 3.11. The van der Waals surface area contributed by atoms with Crippen LogP contribution in [0.2, 0.25) is 0 Å². The molecule has 0 saturated heterocycles. The first kappa shape index (κ1) is 13.6. The third-order valence-corrected chi connectivity index (χ3v) is 4.52. The Morgan fingerprint density at radius 3 is 2.72 bits per heavy atom. The molecule has 0 aromatic carbocycles. The lowest BCUT2D eigenvalue weighted by Gasteiger charge is -2.10. The molecule has 0 atom stereocenters. The van der Waals surface area contributed by atoms with Crippen molar-refractivity contribution in [3.8, 4) is 0 Å². The van der Waals surface area contributed by atoms with Crippen molar-refractivity contribution in [2.75, 3.05) is 6.54 Å². The predicted octanol–water partition coefficient (Wildman–Crippen LogP) is 1.61. The monoisotopic (exact) mass is 272 g/mol. The van der Waals surface area contributed by atoms with Gasteiger partial charge in [0.1, 0.15) is 5.76 Å². The summed E-state index contributed by atoms with van der Waals surface area (Å²) in [6, 6.07) is 3.29. The first-order valence-electron chi connectivity index (χ1n) is 6.43. The first-order chi connectivity index (χ1) is 8.62. The summed E-state index contributed by atoms with van der Waals surface area (Å²) >= 11 is 0. The topological polar surface area (TPSA) is 71.3 Å². The van der Waals surface area contributed by atoms with Crippen molar-refractivity contribution in [1.29, 1.82) is 0 Å². The maximum Gasteiger partial charge on any atom is 0.274 e. The van der Waals surface area contributed by atoms with Crippen LogP contribution in [0.1, 0.15) is 38.4 Å². The van der Waals surface area contributed by atoms with Crippen LogP contribution in [0.15, 0.2) is 21.6 Å². The average molecular weight is 272 g/mol. The van der Waals surface area contributed by atoms with Crippen LogP contribution in [-0.4, -0.2) is 21.0 Å². The summed E-state index contributed by atoms with van der Waals surface area (Å²) in [6.07, 6.45) is 4.03. The Morgan fingerprint density at radius 1 is 1.33 bits per heavy atom. The number of rotatable bonds is 6. The largest absolute Gasteiger partial charge is 0.447 e. The minimum absolute atomic E-state index is 0.0160. The molecular weight excluding hydrogens is 252 g/mol. The van der Waals surface area contributed by atoms with Gasteiger partial charge < -0.3 is 9.73 Å². The molecule has 1 saturated carbocycles. The van der Waals surface area contributed by atoms with Crippen molar-refractivity contribution in [1.82, 2.24) is 10.0 Å². The van der Waals surface area contributed by atoms with E-state index < -0.39 is 10.0 Å². The Balaban J connectivity index is 2.02. The summed E-state index contributed by atoms with van der Waals surface area (Å²) in [6.45, 7) is 3.36. The minimum Gasteiger partial charge on any atom is -0.447 e. The number of furan rings is 1. The third kappa shape index (κ3) is 3.34. The molecule has 1 aliphatic rings. The van der Waals surface area contributed by atoms with E-state index >= 15 is 0 Å². The molecule has 0 unspecified atom stereocenters. The molecule has 1 heterocycles. The van der Waals surface area contributed by atoms with Gasteiger partial charge >= 0.3 is 0 Å². The molecule has 1 aromatic heterocycles. The second-order valence-electron chi connectivity index (χ2n) is 4.60. The molecule has 2 N–H and O–H groups in total. The van der Waals surface area contributed by atoms with E-state index in [-0.39, 0.29) is 11.1 Å². The maximum absolute atomic E-state index is 12.1. The lowest BCUT2D eigenvalue weighted by Crippen LogP contribution is -2.32. The van der Waals surface area contributed by atoms with Crippen LogP contribution >= 0.6 is 0 Å². The number of hydrogen-bond donors (Lipinski definition) is 2. The van der Waals surface area contributed by atoms with Gasteiger partial charge in [-0.1, -0.05) is 19.8 Å². The highest BCUT2D eigenvalue weighted by Gasteiger charge is 2.25. The van der Waals surface area contributed by atoms with E-state index in [0.717, 1.165) is 32.2 Å². The first-order valence-corrected chi connectivity index (χ1v) is 7.92. The molecule has 1 aliphatic carbocycles. The lowest BCUT2D eigenvalue weighted by atomic mass is 10.3. The van der Waals surface area contributed by atoms with Crippen LogP contribution in [0, 0.1) is 0 Å². The standard InChI is InChI=1S/C12H20N2O3S/c1-2-13-9-11-7-8-12(17-11)18(15,16)14-10-5-3-4-6-10/h7-8,10,13-14H,2-6,9H2,1H3. The lowest BCUT2D eigenvalue weighted by molar-refractivity contribution is 0.399. The van der Waals surface area contributed by atoms with Crippen molar-refractivity contribution in [2.45, 2.75) is 50.3 Å². The fraction of sp³-hybridized carbons (Fsp3) is 0.667. The van der Waals surface area contributed by atoms with Gasteiger partial charge in [0, 0.05) is 6.04 Å². The van der Waals surface area contributed by atoms with Crippen molar-refractivity contribution in [2.24, 2.45) is 0 Å². The molecule has 6 heteroatoms. The van der Waals surface area contributed by atoms with Crippen LogP contribution in [-0.2, 0) is 16.6 Å². The van der Waals surface area contributed by atoms with Gasteiger partial charge in [0.05, 0.1) is 6.54 Å². The van der Waals surface area contributed by atoms with E-state index in [0.29, 0.717) is 12.3 Å². The second kappa shape index (κ2) is 5.86. The molecule has 5 nitrogen and oxygen atoms in total. The summed E-state index contributed by atoms with van der Waals surface area (Å²) in [7, 11) is -3.49. The van der Waals surface area contributed by atoms with Gasteiger partial charge in [-0.2, -0.15) is 0 Å². The molecule has 0 radical (unpaired) electrons. The van der Waals surface area contributed by atoms with Crippen molar-refractivity contribution >= 4 is 10.0 Å². The van der Waals surface area contributed by atoms with Gasteiger partial charge in [0.15, 0.2) is 0 Å². The Hall–Kier alpha value is -0.850. The third-order valence-electron chi connectivity index (χ3n) is 3.13. The van der Waals surface area contributed by atoms with E-state index in [1.165, 1.54) is 6.07 Å². The van der Waals surface area contributed by atoms with E-state index in [1.54, 1.807) is 6.07 Å². The summed E-state index contributed by atoms with van der Waals surface area (Å²) in [4.78, 5) is 0. The van der Waals surface area contributed by atoms with Gasteiger partial charge in [-0.15, -0.1) is 0 Å². The molecule has 1 fully saturated rings. The van der Waals surface area contributed by atoms with E-state index in [2.05, 4.69) is 10.0 Å². The fourth-order valence-corrected chi connectivity index (χ4v) is 3.42. The molecule has 2 rings (SSSR count). The molecule has 0 amide bonds. The van der Waals surface area contributed by atoms with Crippen molar-refractivity contribution in [3.63, 3.8) is 0 Å². The van der Waals surface area contributed by atoms with Gasteiger partial charge in [-0.05, 0) is 31.5 Å². The molecule has 1 aromatic rings. The molecular formula is C12H20N2O3S. The van der Waals surface area contributed by atoms with Gasteiger partial charge in [-0.25, -0.2) is 13.1 Å². The van der Waals surface area contributed by atoms with Gasteiger partial charge in [0.25, 0.3) is 10.0 Å². The average Bonchev–Trinajstić information content (AvgIpc) is 2.96. The van der Waals surface area contributed by atoms with Crippen molar-refractivity contribution in [3.05, 3.63) is 17.9 Å². The molecule has 0 spiro atoms. The van der Waals surface area contributed by atoms with Crippen LogP contribution < -0.4 is 10.0 Å². The van der Waals surface area contributed by atoms with E-state index in [9.17, 15) is 8.42 Å². The number of sulfonamides is 1. The number of nitrogens with one attached hydrogen (secondary N) is 2. The number of hydrogen-bond acceptors (Lipinski definition) is 4. The normalized spacial score (nSPS) is 17.4. The smallest absolute Gasteiger partial charge is 0.274 e. The zero-order chi connectivity index (χ0) is 13.0. The highest BCUT2D eigenvalue weighted by Crippen LogP contribution is 2.21. The van der Waals surface area contributed by atoms with Crippen LogP contribution in [0.3, 0.4) is 0 Å². The van der Waals surface area contributed by atoms with Crippen LogP contribution in [0.25, 0.3) is 0 Å². The molecule has 0 aliphatic heterocycles. The summed E-state index contributed by atoms with van der Waals surface area (Å²) < 4.78 is 32.1. The quantitative estimate of drug-likeness (QED) is 0.825. The van der Waals surface area contributed by atoms with E-state index in [4.69, 9.17) is 4.42 Å². The van der Waals surface area contributed by atoms with Gasteiger partial charge in [0.2, 0.25) is 5.09 Å². The highest BCUT2D eigenvalue weighted by atomic mass is 32.2. The predicted molar refractivity (Wildman–Crippen MR) is 68.7 cm³/mol. The van der Waals surface area contributed by atoms with Crippen LogP contribution in [0.4, 0.5) is 0 Å². The Morgan fingerprint density at radius 2 is 2.06 bits per heavy atom. The molecule has 102 valence electrons.